The van der Waals surface area contributed by atoms with Crippen LogP contribution in [0.1, 0.15) is 12.0 Å². The number of urea groups is 1. The van der Waals surface area contributed by atoms with Crippen molar-refractivity contribution < 1.29 is 4.79 Å². The van der Waals surface area contributed by atoms with Crippen LogP contribution in [-0.2, 0) is 0 Å². The third-order valence-electron chi connectivity index (χ3n) is 4.70. The summed E-state index contributed by atoms with van der Waals surface area (Å²) in [6.45, 7) is 14.5. The first-order valence-electron chi connectivity index (χ1n) is 9.60. The van der Waals surface area contributed by atoms with Gasteiger partial charge in [0.15, 0.2) is 0 Å². The number of hydrogen-bond donors (Lipinski definition) is 3. The Morgan fingerprint density at radius 1 is 1.15 bits per heavy atom. The molecule has 2 rings (SSSR count). The first-order chi connectivity index (χ1) is 12.2. The summed E-state index contributed by atoms with van der Waals surface area (Å²) in [6.07, 6.45) is 1.95. The molecule has 1 fully saturated rings. The Labute approximate surface area is 159 Å². The van der Waals surface area contributed by atoms with Crippen molar-refractivity contribution in [3.8, 4) is 0 Å². The van der Waals surface area contributed by atoms with Gasteiger partial charge in [0.25, 0.3) is 0 Å². The molecule has 0 bridgehead atoms. The van der Waals surface area contributed by atoms with E-state index >= 15 is 0 Å². The molecule has 1 saturated heterocycles. The molecule has 7 heteroatoms. The highest BCUT2D eigenvalue weighted by Crippen LogP contribution is 2.21. The lowest BCUT2D eigenvalue weighted by atomic mass is 10.1. The number of nitrogens with two attached hydrogens (primary N) is 1. The monoisotopic (exact) mass is 377 g/mol. The van der Waals surface area contributed by atoms with E-state index in [2.05, 4.69) is 59.1 Å². The maximum absolute atomic E-state index is 11.9. The summed E-state index contributed by atoms with van der Waals surface area (Å²) in [5.41, 5.74) is 9.17. The van der Waals surface area contributed by atoms with E-state index in [9.17, 15) is 4.79 Å². The Balaban J connectivity index is 1.73. The lowest BCUT2D eigenvalue weighted by Crippen LogP contribution is -2.46. The zero-order valence-electron chi connectivity index (χ0n) is 16.8. The summed E-state index contributed by atoms with van der Waals surface area (Å²) >= 11 is 0. The maximum Gasteiger partial charge on any atom is 0.314 e. The van der Waals surface area contributed by atoms with Crippen LogP contribution in [-0.4, -0.2) is 64.4 Å². The molecule has 146 valence electrons. The first-order valence-corrected chi connectivity index (χ1v) is 13.3. The summed E-state index contributed by atoms with van der Waals surface area (Å²) in [5, 5.41) is 5.97. The van der Waals surface area contributed by atoms with Crippen LogP contribution in [0.5, 0.6) is 0 Å². The van der Waals surface area contributed by atoms with Gasteiger partial charge in [-0.1, -0.05) is 19.6 Å². The Hall–Kier alpha value is -1.73. The van der Waals surface area contributed by atoms with E-state index < -0.39 is 8.07 Å². The van der Waals surface area contributed by atoms with Crippen LogP contribution in [0, 0.1) is 6.92 Å². The molecule has 0 radical (unpaired) electrons. The second-order valence-electron chi connectivity index (χ2n) is 8.39. The number of nitrogens with zero attached hydrogens (tertiary/aromatic N) is 2. The SMILES string of the molecule is Cc1cc(N2CCCN(CCNC(=O)NC[Si](C)(C)C)CC2)ccc1N. The molecule has 0 saturated carbocycles. The minimum Gasteiger partial charge on any atom is -0.399 e. The molecule has 6 nitrogen and oxygen atoms in total. The molecule has 2 amide bonds. The third-order valence-corrected chi connectivity index (χ3v) is 5.94. The van der Waals surface area contributed by atoms with Crippen LogP contribution in [0.4, 0.5) is 16.2 Å². The summed E-state index contributed by atoms with van der Waals surface area (Å²) < 4.78 is 0. The van der Waals surface area contributed by atoms with Crippen molar-refractivity contribution in [3.63, 3.8) is 0 Å². The van der Waals surface area contributed by atoms with Gasteiger partial charge in [0.2, 0.25) is 0 Å². The predicted octanol–water partition coefficient (Wildman–Crippen LogP) is 2.27. The van der Waals surface area contributed by atoms with Crippen LogP contribution in [0.2, 0.25) is 19.6 Å². The lowest BCUT2D eigenvalue weighted by Gasteiger charge is -2.24. The van der Waals surface area contributed by atoms with Gasteiger partial charge < -0.3 is 21.3 Å². The number of nitrogen functional groups attached to an aromatic ring is 1. The summed E-state index contributed by atoms with van der Waals surface area (Å²) in [6, 6.07) is 6.25. The van der Waals surface area contributed by atoms with Crippen molar-refractivity contribution in [3.05, 3.63) is 23.8 Å². The number of nitrogens with one attached hydrogen (secondary N) is 2. The van der Waals surface area contributed by atoms with E-state index in [4.69, 9.17) is 5.73 Å². The fourth-order valence-corrected chi connectivity index (χ4v) is 3.74. The highest BCUT2D eigenvalue weighted by molar-refractivity contribution is 6.76. The zero-order chi connectivity index (χ0) is 19.2. The number of benzene rings is 1. The normalized spacial score (nSPS) is 16.2. The number of carbonyl (C=O) groups is 1. The van der Waals surface area contributed by atoms with E-state index in [1.807, 2.05) is 6.07 Å². The molecule has 1 aliphatic heterocycles. The number of anilines is 2. The minimum atomic E-state index is -1.24. The standard InChI is InChI=1S/C19H35N5OSi/c1-16-14-17(6-7-18(16)20)24-10-5-9-23(12-13-24)11-8-21-19(25)22-15-26(2,3)4/h6-7,14H,5,8-13,15,20H2,1-4H3,(H2,21,22,25). The van der Waals surface area contributed by atoms with Gasteiger partial charge in [-0.05, 0) is 43.7 Å². The average Bonchev–Trinajstić information content (AvgIpc) is 2.81. The van der Waals surface area contributed by atoms with Crippen LogP contribution in [0.15, 0.2) is 18.2 Å². The van der Waals surface area contributed by atoms with Crippen LogP contribution in [0.25, 0.3) is 0 Å². The van der Waals surface area contributed by atoms with Gasteiger partial charge in [0.05, 0.1) is 8.07 Å². The van der Waals surface area contributed by atoms with E-state index in [0.717, 1.165) is 56.6 Å². The Bertz CT molecular complexity index is 602. The Morgan fingerprint density at radius 3 is 2.62 bits per heavy atom. The number of carbonyl (C=O) groups excluding carboxylic acids is 1. The maximum atomic E-state index is 11.9. The fourth-order valence-electron chi connectivity index (χ4n) is 3.04. The Kier molecular flexibility index (Phi) is 7.34. The largest absolute Gasteiger partial charge is 0.399 e. The van der Waals surface area contributed by atoms with Crippen LogP contribution < -0.4 is 21.3 Å². The molecule has 0 aromatic heterocycles. The molecule has 1 aromatic carbocycles. The van der Waals surface area contributed by atoms with Crippen LogP contribution >= 0.6 is 0 Å². The van der Waals surface area contributed by atoms with Gasteiger partial charge in [-0.3, -0.25) is 4.90 Å². The topological polar surface area (TPSA) is 73.6 Å². The number of aryl methyl sites for hydroxylation is 1. The molecule has 0 unspecified atom stereocenters. The molecule has 0 atom stereocenters. The minimum absolute atomic E-state index is 0.0405. The number of rotatable bonds is 6. The summed E-state index contributed by atoms with van der Waals surface area (Å²) in [5.74, 6) is 0. The molecule has 1 aromatic rings. The molecular formula is C19H35N5OSi. The molecule has 4 N–H and O–H groups in total. The molecule has 0 aliphatic carbocycles. The van der Waals surface area contributed by atoms with Gasteiger partial charge in [0, 0.05) is 50.3 Å². The smallest absolute Gasteiger partial charge is 0.314 e. The summed E-state index contributed by atoms with van der Waals surface area (Å²) in [4.78, 5) is 16.7. The first kappa shape index (κ1) is 20.6. The molecule has 1 heterocycles. The number of hydrogen-bond acceptors (Lipinski definition) is 4. The second-order valence-corrected chi connectivity index (χ2v) is 13.9. The molecular weight excluding hydrogens is 342 g/mol. The molecule has 26 heavy (non-hydrogen) atoms. The van der Waals surface area contributed by atoms with E-state index in [1.165, 1.54) is 5.69 Å². The van der Waals surface area contributed by atoms with Crippen molar-refractivity contribution in [1.29, 1.82) is 0 Å². The van der Waals surface area contributed by atoms with E-state index in [1.54, 1.807) is 0 Å². The predicted molar refractivity (Wildman–Crippen MR) is 114 cm³/mol. The van der Waals surface area contributed by atoms with Crippen molar-refractivity contribution in [1.82, 2.24) is 15.5 Å². The fraction of sp³-hybridized carbons (Fsp3) is 0.632. The van der Waals surface area contributed by atoms with Gasteiger partial charge in [0.1, 0.15) is 0 Å². The van der Waals surface area contributed by atoms with E-state index in [-0.39, 0.29) is 6.03 Å². The van der Waals surface area contributed by atoms with E-state index in [0.29, 0.717) is 6.54 Å². The van der Waals surface area contributed by atoms with Crippen molar-refractivity contribution in [2.75, 3.05) is 56.1 Å². The van der Waals surface area contributed by atoms with Gasteiger partial charge in [-0.25, -0.2) is 4.79 Å². The van der Waals surface area contributed by atoms with Crippen molar-refractivity contribution >= 4 is 25.5 Å². The molecule has 1 aliphatic rings. The Morgan fingerprint density at radius 2 is 1.92 bits per heavy atom. The van der Waals surface area contributed by atoms with Gasteiger partial charge in [-0.15, -0.1) is 0 Å². The van der Waals surface area contributed by atoms with Crippen molar-refractivity contribution in [2.24, 2.45) is 0 Å². The summed E-state index contributed by atoms with van der Waals surface area (Å²) in [7, 11) is -1.24. The van der Waals surface area contributed by atoms with Crippen LogP contribution in [0.3, 0.4) is 0 Å². The lowest BCUT2D eigenvalue weighted by molar-refractivity contribution is 0.237. The van der Waals surface area contributed by atoms with Crippen molar-refractivity contribution in [2.45, 2.75) is 33.0 Å². The molecule has 0 spiro atoms. The number of amides is 2. The highest BCUT2D eigenvalue weighted by Gasteiger charge is 2.16. The van der Waals surface area contributed by atoms with Gasteiger partial charge >= 0.3 is 6.03 Å². The van der Waals surface area contributed by atoms with Gasteiger partial charge in [-0.2, -0.15) is 0 Å². The quantitative estimate of drug-likeness (QED) is 0.525. The highest BCUT2D eigenvalue weighted by atomic mass is 28.3. The third kappa shape index (κ3) is 6.88. The second kappa shape index (κ2) is 9.28. The zero-order valence-corrected chi connectivity index (χ0v) is 17.8. The average molecular weight is 378 g/mol.